The van der Waals surface area contributed by atoms with Crippen LogP contribution in [0.2, 0.25) is 5.02 Å². The molecule has 4 rings (SSSR count). The highest BCUT2D eigenvalue weighted by Gasteiger charge is 2.21. The van der Waals surface area contributed by atoms with E-state index in [1.54, 1.807) is 0 Å². The average molecular weight is 463 g/mol. The molecular formula is C18H18Cl3N3O3S. The monoisotopic (exact) mass is 461 g/mol. The highest BCUT2D eigenvalue weighted by atomic mass is 35.5. The second-order valence-electron chi connectivity index (χ2n) is 6.03. The van der Waals surface area contributed by atoms with Gasteiger partial charge in [-0.3, -0.25) is 4.79 Å². The normalized spacial score (nSPS) is 11.7. The van der Waals surface area contributed by atoms with Gasteiger partial charge in [-0.1, -0.05) is 17.7 Å². The molecule has 1 amide bonds. The van der Waals surface area contributed by atoms with Gasteiger partial charge in [0.25, 0.3) is 5.91 Å². The Morgan fingerprint density at radius 1 is 1.29 bits per heavy atom. The van der Waals surface area contributed by atoms with Crippen LogP contribution in [0.15, 0.2) is 18.2 Å². The number of hydrogen-bond donors (Lipinski definition) is 2. The fourth-order valence-corrected chi connectivity index (χ4v) is 4.19. The van der Waals surface area contributed by atoms with Gasteiger partial charge in [0.05, 0.1) is 16.4 Å². The van der Waals surface area contributed by atoms with Gasteiger partial charge in [-0.05, 0) is 37.1 Å². The first kappa shape index (κ1) is 22.4. The SMILES string of the molecule is Cc1nc2sc(C(=O)NCc3ccc4c(c3)OCO4)c(N)c2c(C)c1Cl.Cl.Cl. The van der Waals surface area contributed by atoms with Crippen LogP contribution in [0.25, 0.3) is 10.2 Å². The first-order valence-electron chi connectivity index (χ1n) is 7.97. The molecule has 3 heterocycles. The Labute approximate surface area is 183 Å². The van der Waals surface area contributed by atoms with E-state index in [9.17, 15) is 4.79 Å². The Bertz CT molecular complexity index is 1060. The highest BCUT2D eigenvalue weighted by Crippen LogP contribution is 2.38. The van der Waals surface area contributed by atoms with Crippen molar-refractivity contribution in [2.75, 3.05) is 12.5 Å². The van der Waals surface area contributed by atoms with Gasteiger partial charge in [0.15, 0.2) is 11.5 Å². The number of aryl methyl sites for hydroxylation is 2. The molecule has 150 valence electrons. The van der Waals surface area contributed by atoms with E-state index in [1.807, 2.05) is 32.0 Å². The maximum Gasteiger partial charge on any atom is 0.263 e. The van der Waals surface area contributed by atoms with Crippen LogP contribution in [0.3, 0.4) is 0 Å². The fourth-order valence-electron chi connectivity index (χ4n) is 2.94. The van der Waals surface area contributed by atoms with Crippen LogP contribution in [-0.4, -0.2) is 17.7 Å². The molecule has 0 bridgehead atoms. The molecule has 1 aromatic carbocycles. The molecule has 1 aliphatic heterocycles. The van der Waals surface area contributed by atoms with E-state index in [0.29, 0.717) is 33.6 Å². The molecule has 0 unspecified atom stereocenters. The van der Waals surface area contributed by atoms with Gasteiger partial charge in [-0.2, -0.15) is 0 Å². The molecule has 0 saturated heterocycles. The van der Waals surface area contributed by atoms with Gasteiger partial charge in [0.2, 0.25) is 6.79 Å². The summed E-state index contributed by atoms with van der Waals surface area (Å²) < 4.78 is 10.6. The Morgan fingerprint density at radius 2 is 2.00 bits per heavy atom. The van der Waals surface area contributed by atoms with Crippen LogP contribution in [0, 0.1) is 13.8 Å². The molecule has 10 heteroatoms. The summed E-state index contributed by atoms with van der Waals surface area (Å²) in [4.78, 5) is 18.2. The zero-order valence-electron chi connectivity index (χ0n) is 15.0. The number of hydrogen-bond acceptors (Lipinski definition) is 6. The quantitative estimate of drug-likeness (QED) is 0.591. The molecule has 0 fully saturated rings. The summed E-state index contributed by atoms with van der Waals surface area (Å²) in [6, 6.07) is 5.57. The number of halogens is 3. The number of thiophene rings is 1. The summed E-state index contributed by atoms with van der Waals surface area (Å²) in [5.74, 6) is 1.15. The van der Waals surface area contributed by atoms with Crippen LogP contribution in [0.5, 0.6) is 11.5 Å². The molecule has 3 N–H and O–H groups in total. The van der Waals surface area contributed by atoms with Crippen LogP contribution in [0.1, 0.15) is 26.5 Å². The van der Waals surface area contributed by atoms with E-state index >= 15 is 0 Å². The van der Waals surface area contributed by atoms with Gasteiger partial charge < -0.3 is 20.5 Å². The van der Waals surface area contributed by atoms with Crippen molar-refractivity contribution in [3.8, 4) is 11.5 Å². The van der Waals surface area contributed by atoms with Crippen molar-refractivity contribution in [3.63, 3.8) is 0 Å². The van der Waals surface area contributed by atoms with Crippen molar-refractivity contribution in [1.82, 2.24) is 10.3 Å². The van der Waals surface area contributed by atoms with Crippen LogP contribution >= 0.6 is 47.8 Å². The standard InChI is InChI=1S/C18H16ClN3O3S.2ClH/c1-8-13-15(20)16(26-18(13)22-9(2)14(8)19)17(23)21-6-10-3-4-11-12(5-10)25-7-24-11;;/h3-5H,6-7,20H2,1-2H3,(H,21,23);2*1H. The van der Waals surface area contributed by atoms with E-state index in [1.165, 1.54) is 11.3 Å². The molecule has 0 spiro atoms. The maximum atomic E-state index is 12.6. The maximum absolute atomic E-state index is 12.6. The zero-order chi connectivity index (χ0) is 18.4. The minimum atomic E-state index is -0.239. The number of anilines is 1. The number of nitrogen functional groups attached to an aromatic ring is 1. The molecular weight excluding hydrogens is 445 g/mol. The summed E-state index contributed by atoms with van der Waals surface area (Å²) in [5.41, 5.74) is 9.12. The third-order valence-corrected chi connectivity index (χ3v) is 5.97. The Hall–Kier alpha value is -1.93. The smallest absolute Gasteiger partial charge is 0.263 e. The molecule has 0 radical (unpaired) electrons. The number of carbonyl (C=O) groups is 1. The lowest BCUT2D eigenvalue weighted by Gasteiger charge is -2.06. The second kappa shape index (κ2) is 8.61. The third kappa shape index (κ3) is 3.80. The van der Waals surface area contributed by atoms with Gasteiger partial charge in [0.1, 0.15) is 9.71 Å². The number of nitrogens with two attached hydrogens (primary N) is 1. The summed E-state index contributed by atoms with van der Waals surface area (Å²) in [6.07, 6.45) is 0. The topological polar surface area (TPSA) is 86.5 Å². The van der Waals surface area contributed by atoms with Crippen molar-refractivity contribution in [2.24, 2.45) is 0 Å². The number of benzene rings is 1. The molecule has 1 aliphatic rings. The van der Waals surface area contributed by atoms with Crippen LogP contribution in [-0.2, 0) is 6.54 Å². The molecule has 28 heavy (non-hydrogen) atoms. The minimum Gasteiger partial charge on any atom is -0.454 e. The minimum absolute atomic E-state index is 0. The van der Waals surface area contributed by atoms with Crippen molar-refractivity contribution >= 4 is 69.6 Å². The first-order valence-corrected chi connectivity index (χ1v) is 9.16. The molecule has 6 nitrogen and oxygen atoms in total. The van der Waals surface area contributed by atoms with E-state index in [-0.39, 0.29) is 37.5 Å². The van der Waals surface area contributed by atoms with Gasteiger partial charge >= 0.3 is 0 Å². The van der Waals surface area contributed by atoms with E-state index in [0.717, 1.165) is 27.0 Å². The summed E-state index contributed by atoms with van der Waals surface area (Å²) in [7, 11) is 0. The lowest BCUT2D eigenvalue weighted by atomic mass is 10.1. The molecule has 0 saturated carbocycles. The lowest BCUT2D eigenvalue weighted by molar-refractivity contribution is 0.0955. The zero-order valence-corrected chi connectivity index (χ0v) is 18.2. The number of rotatable bonds is 3. The number of ether oxygens (including phenoxy) is 2. The molecule has 0 aliphatic carbocycles. The second-order valence-corrected chi connectivity index (χ2v) is 7.41. The van der Waals surface area contributed by atoms with Gasteiger partial charge in [-0.15, -0.1) is 36.2 Å². The van der Waals surface area contributed by atoms with Gasteiger partial charge in [-0.25, -0.2) is 4.98 Å². The predicted octanol–water partition coefficient (Wildman–Crippen LogP) is 4.65. The summed E-state index contributed by atoms with van der Waals surface area (Å²) >= 11 is 7.54. The number of nitrogens with one attached hydrogen (secondary N) is 1. The van der Waals surface area contributed by atoms with Gasteiger partial charge in [0, 0.05) is 11.9 Å². The first-order chi connectivity index (χ1) is 12.5. The third-order valence-electron chi connectivity index (χ3n) is 4.31. The van der Waals surface area contributed by atoms with E-state index in [4.69, 9.17) is 26.8 Å². The van der Waals surface area contributed by atoms with Crippen LogP contribution in [0.4, 0.5) is 5.69 Å². The van der Waals surface area contributed by atoms with E-state index in [2.05, 4.69) is 10.3 Å². The molecule has 2 aromatic heterocycles. The average Bonchev–Trinajstić information content (AvgIpc) is 3.21. The lowest BCUT2D eigenvalue weighted by Crippen LogP contribution is -2.22. The number of nitrogens with zero attached hydrogens (tertiary/aromatic N) is 1. The predicted molar refractivity (Wildman–Crippen MR) is 117 cm³/mol. The number of aromatic nitrogens is 1. The fraction of sp³-hybridized carbons (Fsp3) is 0.222. The Morgan fingerprint density at radius 3 is 2.75 bits per heavy atom. The van der Waals surface area contributed by atoms with Crippen molar-refractivity contribution in [2.45, 2.75) is 20.4 Å². The summed E-state index contributed by atoms with van der Waals surface area (Å²) in [6.45, 7) is 4.30. The summed E-state index contributed by atoms with van der Waals surface area (Å²) in [5, 5.41) is 4.22. The van der Waals surface area contributed by atoms with Crippen molar-refractivity contribution < 1.29 is 14.3 Å². The number of amides is 1. The number of pyridine rings is 1. The van der Waals surface area contributed by atoms with Crippen molar-refractivity contribution in [3.05, 3.63) is 44.9 Å². The molecule has 0 atom stereocenters. The van der Waals surface area contributed by atoms with Crippen molar-refractivity contribution in [1.29, 1.82) is 0 Å². The highest BCUT2D eigenvalue weighted by molar-refractivity contribution is 7.21. The number of fused-ring (bicyclic) bond motifs is 2. The Balaban J connectivity index is 0.00000140. The molecule has 3 aromatic rings. The number of carbonyl (C=O) groups excluding carboxylic acids is 1. The van der Waals surface area contributed by atoms with E-state index < -0.39 is 0 Å². The largest absolute Gasteiger partial charge is 0.454 e. The Kier molecular flexibility index (Phi) is 6.88. The van der Waals surface area contributed by atoms with Crippen LogP contribution < -0.4 is 20.5 Å².